The van der Waals surface area contributed by atoms with Crippen molar-refractivity contribution in [2.45, 2.75) is 6.11 Å². The molecule has 0 saturated carbocycles. The molecule has 16 heavy (non-hydrogen) atoms. The van der Waals surface area contributed by atoms with Gasteiger partial charge in [-0.3, -0.25) is 0 Å². The number of carbonyl (C=O) groups is 1. The van der Waals surface area contributed by atoms with E-state index in [0.29, 0.717) is 4.47 Å². The number of benzene rings is 1. The van der Waals surface area contributed by atoms with E-state index < -0.39 is 17.8 Å². The molecule has 0 spiro atoms. The Kier molecular flexibility index (Phi) is 3.98. The second-order valence-electron chi connectivity index (χ2n) is 2.60. The molecule has 0 amide bonds. The molecule has 0 aliphatic rings. The molecule has 1 aromatic carbocycles. The fourth-order valence-corrected chi connectivity index (χ4v) is 2.08. The number of hydrogen-bond acceptors (Lipinski definition) is 3. The molecular formula is C8H2BrCl2F2O3-. The maximum Gasteiger partial charge on any atom is 0.441 e. The molecule has 0 heterocycles. The number of alkyl halides is 2. The normalized spacial score (nSPS) is 11.3. The molecule has 0 bridgehead atoms. The molecule has 0 saturated heterocycles. The van der Waals surface area contributed by atoms with Crippen molar-refractivity contribution in [2.24, 2.45) is 0 Å². The van der Waals surface area contributed by atoms with E-state index in [1.807, 2.05) is 0 Å². The molecule has 3 nitrogen and oxygen atoms in total. The Hall–Kier alpha value is -0.590. The van der Waals surface area contributed by atoms with Crippen LogP contribution in [0.15, 0.2) is 16.6 Å². The van der Waals surface area contributed by atoms with Crippen LogP contribution in [0, 0.1) is 0 Å². The van der Waals surface area contributed by atoms with E-state index in [1.54, 1.807) is 0 Å². The third kappa shape index (κ3) is 2.96. The molecule has 0 aromatic heterocycles. The van der Waals surface area contributed by atoms with E-state index in [0.717, 1.165) is 0 Å². The van der Waals surface area contributed by atoms with Crippen molar-refractivity contribution in [3.05, 3.63) is 26.7 Å². The molecular weight excluding hydrogens is 333 g/mol. The Bertz CT molecular complexity index is 416. The lowest BCUT2D eigenvalue weighted by Crippen LogP contribution is -2.45. The molecule has 0 radical (unpaired) electrons. The van der Waals surface area contributed by atoms with Crippen LogP contribution in [0.2, 0.25) is 10.0 Å². The van der Waals surface area contributed by atoms with Crippen LogP contribution in [0.4, 0.5) is 8.78 Å². The van der Waals surface area contributed by atoms with Gasteiger partial charge in [0, 0.05) is 4.47 Å². The van der Waals surface area contributed by atoms with Gasteiger partial charge < -0.3 is 14.6 Å². The number of carboxylic acids is 1. The van der Waals surface area contributed by atoms with Crippen LogP contribution in [0.3, 0.4) is 0 Å². The second kappa shape index (κ2) is 4.73. The standard InChI is InChI=1S/C8H3BrCl2F2O3/c9-3-1-4(10)6(5(11)2-3)16-8(12,13)7(14)15/h1-2H,(H,14,15)/p-1. The smallest absolute Gasteiger partial charge is 0.441 e. The van der Waals surface area contributed by atoms with Crippen molar-refractivity contribution in [3.63, 3.8) is 0 Å². The van der Waals surface area contributed by atoms with Gasteiger partial charge in [-0.05, 0) is 12.1 Å². The Balaban J connectivity index is 3.11. The van der Waals surface area contributed by atoms with E-state index in [2.05, 4.69) is 20.7 Å². The van der Waals surface area contributed by atoms with Gasteiger partial charge in [0.1, 0.15) is 0 Å². The summed E-state index contributed by atoms with van der Waals surface area (Å²) in [7, 11) is 0. The Morgan fingerprint density at radius 1 is 1.38 bits per heavy atom. The van der Waals surface area contributed by atoms with Crippen LogP contribution in [-0.2, 0) is 4.79 Å². The van der Waals surface area contributed by atoms with E-state index >= 15 is 0 Å². The quantitative estimate of drug-likeness (QED) is 0.853. The summed E-state index contributed by atoms with van der Waals surface area (Å²) in [5, 5.41) is 9.53. The van der Waals surface area contributed by atoms with Gasteiger partial charge in [0.05, 0.1) is 10.0 Å². The molecule has 0 fully saturated rings. The zero-order valence-corrected chi connectivity index (χ0v) is 10.4. The monoisotopic (exact) mass is 333 g/mol. The number of halogens is 5. The molecule has 1 aromatic rings. The summed E-state index contributed by atoms with van der Waals surface area (Å²) in [6.45, 7) is 0. The number of aliphatic carboxylic acids is 1. The minimum Gasteiger partial charge on any atom is -0.541 e. The lowest BCUT2D eigenvalue weighted by molar-refractivity contribution is -0.350. The van der Waals surface area contributed by atoms with E-state index in [1.165, 1.54) is 12.1 Å². The second-order valence-corrected chi connectivity index (χ2v) is 4.33. The summed E-state index contributed by atoms with van der Waals surface area (Å²) >= 11 is 14.1. The Morgan fingerprint density at radius 2 is 1.81 bits per heavy atom. The van der Waals surface area contributed by atoms with Crippen LogP contribution in [0.25, 0.3) is 0 Å². The average molecular weight is 335 g/mol. The predicted octanol–water partition coefficient (Wildman–Crippen LogP) is 2.48. The average Bonchev–Trinajstić information content (AvgIpc) is 2.11. The third-order valence-electron chi connectivity index (χ3n) is 1.43. The zero-order chi connectivity index (χ0) is 12.5. The summed E-state index contributed by atoms with van der Waals surface area (Å²) < 4.78 is 29.7. The summed E-state index contributed by atoms with van der Waals surface area (Å²) in [5.74, 6) is -3.30. The number of hydrogen-bond donors (Lipinski definition) is 0. The van der Waals surface area contributed by atoms with Gasteiger partial charge in [-0.15, -0.1) is 0 Å². The van der Waals surface area contributed by atoms with Crippen LogP contribution in [0.1, 0.15) is 0 Å². The summed E-state index contributed by atoms with van der Waals surface area (Å²) in [6.07, 6.45) is -4.50. The Morgan fingerprint density at radius 3 is 2.19 bits per heavy atom. The van der Waals surface area contributed by atoms with Crippen molar-refractivity contribution in [1.29, 1.82) is 0 Å². The lowest BCUT2D eigenvalue weighted by atomic mass is 10.3. The molecule has 0 N–H and O–H groups in total. The maximum absolute atomic E-state index is 12.7. The molecule has 0 aliphatic carbocycles. The van der Waals surface area contributed by atoms with Gasteiger partial charge in [-0.25, -0.2) is 0 Å². The minimum atomic E-state index is -4.50. The highest BCUT2D eigenvalue weighted by atomic mass is 79.9. The van der Waals surface area contributed by atoms with Gasteiger partial charge in [-0.2, -0.15) is 8.78 Å². The van der Waals surface area contributed by atoms with Crippen molar-refractivity contribution in [2.75, 3.05) is 0 Å². The third-order valence-corrected chi connectivity index (χ3v) is 2.45. The summed E-state index contributed by atoms with van der Waals surface area (Å²) in [4.78, 5) is 10.0. The fourth-order valence-electron chi connectivity index (χ4n) is 0.796. The zero-order valence-electron chi connectivity index (χ0n) is 7.27. The highest BCUT2D eigenvalue weighted by Crippen LogP contribution is 2.38. The maximum atomic E-state index is 12.7. The van der Waals surface area contributed by atoms with Crippen LogP contribution >= 0.6 is 39.1 Å². The van der Waals surface area contributed by atoms with Gasteiger partial charge in [0.25, 0.3) is 0 Å². The van der Waals surface area contributed by atoms with Gasteiger partial charge in [0.15, 0.2) is 11.7 Å². The highest BCUT2D eigenvalue weighted by Gasteiger charge is 2.35. The summed E-state index contributed by atoms with van der Waals surface area (Å²) in [5.41, 5.74) is 0. The largest absolute Gasteiger partial charge is 0.541 e. The molecule has 8 heteroatoms. The first-order chi connectivity index (χ1) is 7.24. The van der Waals surface area contributed by atoms with Crippen molar-refractivity contribution >= 4 is 45.1 Å². The molecule has 1 rings (SSSR count). The van der Waals surface area contributed by atoms with Crippen molar-refractivity contribution < 1.29 is 23.4 Å². The van der Waals surface area contributed by atoms with E-state index in [9.17, 15) is 18.7 Å². The first kappa shape index (κ1) is 13.5. The number of rotatable bonds is 3. The molecule has 88 valence electrons. The van der Waals surface area contributed by atoms with Crippen molar-refractivity contribution in [1.82, 2.24) is 0 Å². The predicted molar refractivity (Wildman–Crippen MR) is 54.7 cm³/mol. The first-order valence-corrected chi connectivity index (χ1v) is 5.22. The van der Waals surface area contributed by atoms with Crippen LogP contribution in [-0.4, -0.2) is 12.1 Å². The van der Waals surface area contributed by atoms with E-state index in [-0.39, 0.29) is 10.0 Å². The Labute approximate surface area is 107 Å². The number of carbonyl (C=O) groups excluding carboxylic acids is 1. The topological polar surface area (TPSA) is 49.4 Å². The molecule has 0 atom stereocenters. The highest BCUT2D eigenvalue weighted by molar-refractivity contribution is 9.10. The van der Waals surface area contributed by atoms with Crippen LogP contribution < -0.4 is 9.84 Å². The van der Waals surface area contributed by atoms with Crippen LogP contribution in [0.5, 0.6) is 5.75 Å². The molecule has 0 aliphatic heterocycles. The molecule has 0 unspecified atom stereocenters. The SMILES string of the molecule is O=C([O-])C(F)(F)Oc1c(Cl)cc(Br)cc1Cl. The van der Waals surface area contributed by atoms with Gasteiger partial charge in [0.2, 0.25) is 0 Å². The van der Waals surface area contributed by atoms with E-state index in [4.69, 9.17) is 23.2 Å². The number of carboxylic acid groups (broad SMARTS) is 1. The lowest BCUT2D eigenvalue weighted by Gasteiger charge is -2.19. The number of ether oxygens (including phenoxy) is 1. The van der Waals surface area contributed by atoms with Crippen molar-refractivity contribution in [3.8, 4) is 5.75 Å². The first-order valence-electron chi connectivity index (χ1n) is 3.67. The van der Waals surface area contributed by atoms with Gasteiger partial charge >= 0.3 is 6.11 Å². The van der Waals surface area contributed by atoms with Gasteiger partial charge in [-0.1, -0.05) is 39.1 Å². The minimum absolute atomic E-state index is 0.250. The summed E-state index contributed by atoms with van der Waals surface area (Å²) in [6, 6.07) is 2.46. The fraction of sp³-hybridized carbons (Fsp3) is 0.125.